The number of aromatic nitrogens is 1. The fraction of sp³-hybridized carbons (Fsp3) is 0.583. The van der Waals surface area contributed by atoms with Crippen molar-refractivity contribution in [2.24, 2.45) is 0 Å². The highest BCUT2D eigenvalue weighted by atomic mass is 127. The number of rotatable bonds is 2. The first-order chi connectivity index (χ1) is 8.33. The molecule has 1 aromatic heterocycles. The van der Waals surface area contributed by atoms with Crippen LogP contribution >= 0.6 is 22.6 Å². The van der Waals surface area contributed by atoms with Gasteiger partial charge in [-0.15, -0.1) is 0 Å². The van der Waals surface area contributed by atoms with E-state index in [9.17, 15) is 0 Å². The summed E-state index contributed by atoms with van der Waals surface area (Å²) in [6.45, 7) is 4.19. The Morgan fingerprint density at radius 3 is 2.65 bits per heavy atom. The van der Waals surface area contributed by atoms with Gasteiger partial charge in [0.05, 0.1) is 25.3 Å². The lowest BCUT2D eigenvalue weighted by Gasteiger charge is -2.65. The van der Waals surface area contributed by atoms with E-state index in [-0.39, 0.29) is 0 Å². The molecule has 0 aliphatic carbocycles. The molecule has 90 valence electrons. The number of halogens is 1. The van der Waals surface area contributed by atoms with Crippen molar-refractivity contribution in [1.29, 1.82) is 0 Å². The third kappa shape index (κ3) is 1.52. The summed E-state index contributed by atoms with van der Waals surface area (Å²) >= 11 is 2.29. The van der Waals surface area contributed by atoms with Crippen LogP contribution in [-0.2, 0) is 4.74 Å². The van der Waals surface area contributed by atoms with E-state index in [0.717, 1.165) is 31.6 Å². The van der Waals surface area contributed by atoms with Gasteiger partial charge in [0.1, 0.15) is 5.82 Å². The van der Waals surface area contributed by atoms with Crippen molar-refractivity contribution in [2.45, 2.75) is 18.1 Å². The maximum Gasteiger partial charge on any atom is 0.128 e. The van der Waals surface area contributed by atoms with Gasteiger partial charge in [0, 0.05) is 28.9 Å². The fourth-order valence-electron chi connectivity index (χ4n) is 2.92. The van der Waals surface area contributed by atoms with Crippen LogP contribution in [0.3, 0.4) is 0 Å². The van der Waals surface area contributed by atoms with Crippen LogP contribution in [0.2, 0.25) is 0 Å². The van der Waals surface area contributed by atoms with Crippen LogP contribution < -0.4 is 4.90 Å². The molecule has 0 amide bonds. The number of fused-ring (bicyclic) bond motifs is 1. The van der Waals surface area contributed by atoms with Crippen LogP contribution in [0.25, 0.3) is 0 Å². The Morgan fingerprint density at radius 2 is 2.12 bits per heavy atom. The summed E-state index contributed by atoms with van der Waals surface area (Å²) in [7, 11) is 0. The molecule has 4 rings (SSSR count). The average Bonchev–Trinajstić information content (AvgIpc) is 2.24. The molecule has 1 aromatic rings. The van der Waals surface area contributed by atoms with E-state index in [0.29, 0.717) is 12.1 Å². The van der Waals surface area contributed by atoms with Gasteiger partial charge in [-0.2, -0.15) is 0 Å². The van der Waals surface area contributed by atoms with Gasteiger partial charge in [-0.25, -0.2) is 4.98 Å². The summed E-state index contributed by atoms with van der Waals surface area (Å²) in [4.78, 5) is 9.52. The first-order valence-corrected chi connectivity index (χ1v) is 7.12. The van der Waals surface area contributed by atoms with E-state index in [2.05, 4.69) is 49.5 Å². The molecule has 0 spiro atoms. The van der Waals surface area contributed by atoms with Crippen molar-refractivity contribution >= 4 is 28.4 Å². The van der Waals surface area contributed by atoms with Gasteiger partial charge in [-0.1, -0.05) is 0 Å². The second-order valence-electron chi connectivity index (χ2n) is 5.01. The highest BCUT2D eigenvalue weighted by Gasteiger charge is 2.54. The molecule has 0 N–H and O–H groups in total. The maximum absolute atomic E-state index is 5.26. The van der Waals surface area contributed by atoms with Crippen molar-refractivity contribution in [1.82, 2.24) is 9.88 Å². The highest BCUT2D eigenvalue weighted by molar-refractivity contribution is 14.1. The molecular formula is C12H14IN3O. The number of pyridine rings is 1. The Bertz CT molecular complexity index is 434. The van der Waals surface area contributed by atoms with Crippen LogP contribution in [0.4, 0.5) is 5.82 Å². The molecule has 0 aromatic carbocycles. The quantitative estimate of drug-likeness (QED) is 0.748. The van der Waals surface area contributed by atoms with Crippen LogP contribution in [-0.4, -0.2) is 54.3 Å². The predicted molar refractivity (Wildman–Crippen MR) is 73.2 cm³/mol. The molecule has 3 fully saturated rings. The predicted octanol–water partition coefficient (Wildman–Crippen LogP) is 0.958. The van der Waals surface area contributed by atoms with Crippen molar-refractivity contribution in [2.75, 3.05) is 31.2 Å². The summed E-state index contributed by atoms with van der Waals surface area (Å²) in [5.41, 5.74) is 0. The van der Waals surface area contributed by atoms with E-state index in [1.807, 2.05) is 6.20 Å². The minimum absolute atomic E-state index is 0.697. The minimum atomic E-state index is 0.697. The highest BCUT2D eigenvalue weighted by Crippen LogP contribution is 2.38. The zero-order valence-electron chi connectivity index (χ0n) is 9.42. The molecule has 3 aliphatic rings. The van der Waals surface area contributed by atoms with Gasteiger partial charge in [0.15, 0.2) is 0 Å². The van der Waals surface area contributed by atoms with Crippen molar-refractivity contribution in [3.8, 4) is 0 Å². The largest absolute Gasteiger partial charge is 0.378 e. The maximum atomic E-state index is 5.26. The zero-order valence-corrected chi connectivity index (χ0v) is 11.6. The average molecular weight is 343 g/mol. The van der Waals surface area contributed by atoms with Crippen molar-refractivity contribution < 1.29 is 4.74 Å². The summed E-state index contributed by atoms with van der Waals surface area (Å²) in [6.07, 6.45) is 1.94. The fourth-order valence-corrected chi connectivity index (χ4v) is 3.24. The molecule has 0 bridgehead atoms. The number of piperazine rings is 1. The topological polar surface area (TPSA) is 28.6 Å². The molecule has 0 saturated carbocycles. The minimum Gasteiger partial charge on any atom is -0.378 e. The smallest absolute Gasteiger partial charge is 0.128 e. The molecule has 4 heterocycles. The van der Waals surface area contributed by atoms with Gasteiger partial charge in [0.2, 0.25) is 0 Å². The van der Waals surface area contributed by atoms with Crippen molar-refractivity contribution in [3.05, 3.63) is 21.9 Å². The van der Waals surface area contributed by atoms with Gasteiger partial charge >= 0.3 is 0 Å². The molecule has 3 aliphatic heterocycles. The molecule has 5 heteroatoms. The van der Waals surface area contributed by atoms with Gasteiger partial charge in [-0.05, 0) is 34.7 Å². The number of likely N-dealkylation sites (tertiary alicyclic amines) is 1. The third-order valence-electron chi connectivity index (χ3n) is 4.15. The van der Waals surface area contributed by atoms with Gasteiger partial charge < -0.3 is 9.64 Å². The lowest BCUT2D eigenvalue weighted by Crippen LogP contribution is -2.82. The second kappa shape index (κ2) is 3.80. The van der Waals surface area contributed by atoms with E-state index in [1.54, 1.807) is 0 Å². The Kier molecular flexibility index (Phi) is 2.35. The van der Waals surface area contributed by atoms with Crippen molar-refractivity contribution in [3.63, 3.8) is 0 Å². The molecule has 0 radical (unpaired) electrons. The summed E-state index contributed by atoms with van der Waals surface area (Å²) in [5, 5.41) is 0. The Morgan fingerprint density at radius 1 is 1.24 bits per heavy atom. The molecule has 2 unspecified atom stereocenters. The molecular weight excluding hydrogens is 329 g/mol. The summed E-state index contributed by atoms with van der Waals surface area (Å²) < 4.78 is 6.45. The zero-order chi connectivity index (χ0) is 11.4. The normalized spacial score (nSPS) is 32.4. The summed E-state index contributed by atoms with van der Waals surface area (Å²) in [5.74, 6) is 1.14. The Hall–Kier alpha value is -0.400. The number of hydrogen-bond donors (Lipinski definition) is 0. The van der Waals surface area contributed by atoms with Crippen LogP contribution in [0.5, 0.6) is 0 Å². The monoisotopic (exact) mass is 343 g/mol. The summed E-state index contributed by atoms with van der Waals surface area (Å²) in [6, 6.07) is 6.41. The molecule has 17 heavy (non-hydrogen) atoms. The molecule has 4 nitrogen and oxygen atoms in total. The van der Waals surface area contributed by atoms with E-state index >= 15 is 0 Å². The SMILES string of the molecule is Ic1ccc(N2CC3C2CN3C2COC2)nc1. The number of hydrogen-bond acceptors (Lipinski definition) is 4. The Balaban J connectivity index is 1.42. The lowest BCUT2D eigenvalue weighted by atomic mass is 9.83. The van der Waals surface area contributed by atoms with E-state index < -0.39 is 0 Å². The lowest BCUT2D eigenvalue weighted by molar-refractivity contribution is -0.132. The van der Waals surface area contributed by atoms with Gasteiger partial charge in [-0.3, -0.25) is 4.90 Å². The van der Waals surface area contributed by atoms with Crippen LogP contribution in [0.15, 0.2) is 18.3 Å². The first kappa shape index (κ1) is 10.5. The second-order valence-corrected chi connectivity index (χ2v) is 6.26. The number of nitrogens with zero attached hydrogens (tertiary/aromatic N) is 3. The standard InChI is InChI=1S/C12H14IN3O/c13-8-1-2-12(14-3-8)16-5-10-11(16)4-15(10)9-6-17-7-9/h1-3,9-11H,4-7H2. The number of anilines is 1. The van der Waals surface area contributed by atoms with Crippen LogP contribution in [0.1, 0.15) is 0 Å². The van der Waals surface area contributed by atoms with Gasteiger partial charge in [0.25, 0.3) is 0 Å². The van der Waals surface area contributed by atoms with Crippen LogP contribution in [0, 0.1) is 3.57 Å². The third-order valence-corrected chi connectivity index (χ3v) is 4.79. The van der Waals surface area contributed by atoms with E-state index in [1.165, 1.54) is 10.1 Å². The number of ether oxygens (including phenoxy) is 1. The molecule has 3 saturated heterocycles. The van der Waals surface area contributed by atoms with E-state index in [4.69, 9.17) is 4.74 Å². The molecule has 2 atom stereocenters. The first-order valence-electron chi connectivity index (χ1n) is 6.04. The Labute approximate surface area is 114 Å².